The summed E-state index contributed by atoms with van der Waals surface area (Å²) in [7, 11) is -2.73. The number of hydrogen-bond donors (Lipinski definition) is 0. The molecule has 0 bridgehead atoms. The maximum absolute atomic E-state index is 12.8. The molecule has 0 N–H and O–H groups in total. The first-order valence-electron chi connectivity index (χ1n) is 9.25. The predicted molar refractivity (Wildman–Crippen MR) is 96.9 cm³/mol. The van der Waals surface area contributed by atoms with Crippen LogP contribution in [0.4, 0.5) is 26.3 Å². The number of ketones is 1. The fourth-order valence-corrected chi connectivity index (χ4v) is 5.53. The maximum atomic E-state index is 12.8. The third kappa shape index (κ3) is 4.94. The molecule has 1 aliphatic rings. The predicted octanol–water partition coefficient (Wildman–Crippen LogP) is 4.67. The largest absolute Gasteiger partial charge is 0.435 e. The summed E-state index contributed by atoms with van der Waals surface area (Å²) < 4.78 is 103. The van der Waals surface area contributed by atoms with Gasteiger partial charge in [-0.05, 0) is 49.4 Å². The molecule has 12 heteroatoms. The van der Waals surface area contributed by atoms with E-state index in [1.807, 2.05) is 0 Å². The lowest BCUT2D eigenvalue weighted by molar-refractivity contribution is -0.141. The van der Waals surface area contributed by atoms with Crippen LogP contribution < -0.4 is 0 Å². The van der Waals surface area contributed by atoms with Crippen LogP contribution in [0.5, 0.6) is 0 Å². The lowest BCUT2D eigenvalue weighted by Crippen LogP contribution is -2.36. The van der Waals surface area contributed by atoms with E-state index in [1.54, 1.807) is 0 Å². The van der Waals surface area contributed by atoms with Crippen molar-refractivity contribution in [3.05, 3.63) is 47.3 Å². The second-order valence-electron chi connectivity index (χ2n) is 7.53. The van der Waals surface area contributed by atoms with Crippen LogP contribution in [0, 0.1) is 5.92 Å². The summed E-state index contributed by atoms with van der Waals surface area (Å²) in [6.45, 7) is 0. The van der Waals surface area contributed by atoms with Gasteiger partial charge < -0.3 is 0 Å². The molecule has 0 unspecified atom stereocenters. The summed E-state index contributed by atoms with van der Waals surface area (Å²) in [6, 6.07) is 4.21. The van der Waals surface area contributed by atoms with Crippen LogP contribution in [0.1, 0.15) is 47.4 Å². The first-order valence-corrected chi connectivity index (χ1v) is 10.8. The number of halogens is 6. The topological polar surface area (TPSA) is 69.0 Å². The number of Topliss-reactive ketones (excluding diaryl/α,β-unsaturated/α-hetero) is 1. The molecule has 0 spiro atoms. The lowest BCUT2D eigenvalue weighted by Gasteiger charge is -2.34. The molecule has 170 valence electrons. The van der Waals surface area contributed by atoms with Gasteiger partial charge in [0.2, 0.25) is 0 Å². The van der Waals surface area contributed by atoms with E-state index in [1.165, 1.54) is 7.05 Å². The van der Waals surface area contributed by atoms with Gasteiger partial charge in [0.25, 0.3) is 0 Å². The van der Waals surface area contributed by atoms with Gasteiger partial charge in [-0.2, -0.15) is 31.4 Å². The molecule has 0 radical (unpaired) electrons. The van der Waals surface area contributed by atoms with E-state index < -0.39 is 49.4 Å². The number of carbonyl (C=O) groups is 1. The van der Waals surface area contributed by atoms with E-state index in [-0.39, 0.29) is 37.3 Å². The molecule has 2 aromatic rings. The van der Waals surface area contributed by atoms with Gasteiger partial charge >= 0.3 is 12.4 Å². The average Bonchev–Trinajstić information content (AvgIpc) is 3.01. The first-order chi connectivity index (χ1) is 14.2. The Morgan fingerprint density at radius 2 is 1.74 bits per heavy atom. The lowest BCUT2D eigenvalue weighted by atomic mass is 9.81. The van der Waals surface area contributed by atoms with Crippen molar-refractivity contribution in [1.29, 1.82) is 0 Å². The van der Waals surface area contributed by atoms with E-state index in [0.717, 1.165) is 22.9 Å². The normalized spacial score (nSPS) is 19.8. The molecule has 1 aromatic heterocycles. The highest BCUT2D eigenvalue weighted by Crippen LogP contribution is 2.40. The van der Waals surface area contributed by atoms with Gasteiger partial charge in [-0.15, -0.1) is 0 Å². The van der Waals surface area contributed by atoms with Gasteiger partial charge in [-0.1, -0.05) is 6.07 Å². The Morgan fingerprint density at radius 3 is 2.29 bits per heavy atom. The fraction of sp³-hybridized carbons (Fsp3) is 0.474. The summed E-state index contributed by atoms with van der Waals surface area (Å²) in [5.41, 5.74) is -2.42. The number of aromatic nitrogens is 2. The Morgan fingerprint density at radius 1 is 1.10 bits per heavy atom. The van der Waals surface area contributed by atoms with Crippen molar-refractivity contribution in [1.82, 2.24) is 9.78 Å². The molecule has 0 atom stereocenters. The fourth-order valence-electron chi connectivity index (χ4n) is 3.54. The molecule has 31 heavy (non-hydrogen) atoms. The number of sulfone groups is 1. The zero-order chi connectivity index (χ0) is 23.2. The molecular formula is C19H18F6N2O3S. The Kier molecular flexibility index (Phi) is 5.98. The van der Waals surface area contributed by atoms with E-state index in [4.69, 9.17) is 0 Å². The van der Waals surface area contributed by atoms with E-state index in [0.29, 0.717) is 12.1 Å². The van der Waals surface area contributed by atoms with Crippen molar-refractivity contribution < 1.29 is 39.6 Å². The first kappa shape index (κ1) is 23.3. The van der Waals surface area contributed by atoms with Crippen molar-refractivity contribution in [2.24, 2.45) is 13.0 Å². The summed E-state index contributed by atoms with van der Waals surface area (Å²) >= 11 is 0. The van der Waals surface area contributed by atoms with Gasteiger partial charge in [0, 0.05) is 13.5 Å². The second kappa shape index (κ2) is 7.95. The third-order valence-electron chi connectivity index (χ3n) is 5.36. The Labute approximate surface area is 174 Å². The minimum atomic E-state index is -4.67. The third-order valence-corrected chi connectivity index (χ3v) is 7.53. The second-order valence-corrected chi connectivity index (χ2v) is 9.76. The van der Waals surface area contributed by atoms with E-state index >= 15 is 0 Å². The summed E-state index contributed by atoms with van der Waals surface area (Å²) in [4.78, 5) is 11.8. The average molecular weight is 468 g/mol. The van der Waals surface area contributed by atoms with Crippen LogP contribution in [0.25, 0.3) is 0 Å². The smallest absolute Gasteiger partial charge is 0.292 e. The molecule has 0 saturated heterocycles. The SMILES string of the molecule is Cn1nc(C(F)(F)F)cc1C(=O)CCC1CC(S(=O)(=O)c2cccc(C(F)(F)F)c2)C1. The quantitative estimate of drug-likeness (QED) is 0.456. The molecule has 1 aliphatic carbocycles. The van der Waals surface area contributed by atoms with Crippen molar-refractivity contribution in [2.75, 3.05) is 0 Å². The molecule has 0 amide bonds. The Hall–Kier alpha value is -2.37. The van der Waals surface area contributed by atoms with E-state index in [2.05, 4.69) is 5.10 Å². The highest BCUT2D eigenvalue weighted by molar-refractivity contribution is 7.92. The molecule has 1 aromatic carbocycles. The number of aryl methyl sites for hydroxylation is 1. The van der Waals surface area contributed by atoms with Crippen LogP contribution in [0.15, 0.2) is 35.2 Å². The van der Waals surface area contributed by atoms with Gasteiger partial charge in [-0.3, -0.25) is 9.48 Å². The monoisotopic (exact) mass is 468 g/mol. The van der Waals surface area contributed by atoms with Crippen LogP contribution in [0.3, 0.4) is 0 Å². The van der Waals surface area contributed by atoms with Gasteiger partial charge in [-0.25, -0.2) is 8.42 Å². The number of carbonyl (C=O) groups excluding carboxylic acids is 1. The molecule has 1 saturated carbocycles. The highest BCUT2D eigenvalue weighted by Gasteiger charge is 2.41. The highest BCUT2D eigenvalue weighted by atomic mass is 32.2. The van der Waals surface area contributed by atoms with Crippen molar-refractivity contribution >= 4 is 15.6 Å². The minimum absolute atomic E-state index is 0.0855. The van der Waals surface area contributed by atoms with Crippen molar-refractivity contribution in [3.63, 3.8) is 0 Å². The van der Waals surface area contributed by atoms with Gasteiger partial charge in [0.1, 0.15) is 5.69 Å². The zero-order valence-electron chi connectivity index (χ0n) is 16.2. The molecule has 5 nitrogen and oxygen atoms in total. The number of nitrogens with zero attached hydrogens (tertiary/aromatic N) is 2. The number of hydrogen-bond acceptors (Lipinski definition) is 4. The van der Waals surface area contributed by atoms with Crippen LogP contribution >= 0.6 is 0 Å². The molecular weight excluding hydrogens is 450 g/mol. The zero-order valence-corrected chi connectivity index (χ0v) is 17.0. The summed E-state index contributed by atoms with van der Waals surface area (Å²) in [5, 5.41) is 2.42. The van der Waals surface area contributed by atoms with Gasteiger partial charge in [0.05, 0.1) is 15.7 Å². The standard InChI is InChI=1S/C19H18F6N2O3S/c1-27-15(10-17(26-27)19(23,24)25)16(28)6-5-11-7-14(8-11)31(29,30)13-4-2-3-12(9-13)18(20,21)22/h2-4,9-11,14H,5-8H2,1H3. The number of rotatable bonds is 6. The summed E-state index contributed by atoms with van der Waals surface area (Å²) in [5.74, 6) is -0.709. The maximum Gasteiger partial charge on any atom is 0.435 e. The number of alkyl halides is 6. The molecule has 1 heterocycles. The minimum Gasteiger partial charge on any atom is -0.292 e. The van der Waals surface area contributed by atoms with E-state index in [9.17, 15) is 39.6 Å². The van der Waals surface area contributed by atoms with Crippen LogP contribution in [-0.2, 0) is 29.2 Å². The van der Waals surface area contributed by atoms with Gasteiger partial charge in [0.15, 0.2) is 21.3 Å². The van der Waals surface area contributed by atoms with Crippen molar-refractivity contribution in [2.45, 2.75) is 48.2 Å². The van der Waals surface area contributed by atoms with Crippen LogP contribution in [0.2, 0.25) is 0 Å². The Balaban J connectivity index is 1.58. The summed E-state index contributed by atoms with van der Waals surface area (Å²) in [6.07, 6.45) is -8.81. The molecule has 0 aliphatic heterocycles. The molecule has 1 fully saturated rings. The van der Waals surface area contributed by atoms with Crippen molar-refractivity contribution in [3.8, 4) is 0 Å². The number of benzene rings is 1. The molecule has 3 rings (SSSR count). The Bertz CT molecular complexity index is 1080. The van der Waals surface area contributed by atoms with Crippen LogP contribution in [-0.4, -0.2) is 29.2 Å².